The van der Waals surface area contributed by atoms with Crippen molar-refractivity contribution in [2.24, 2.45) is 5.41 Å². The zero-order valence-corrected chi connectivity index (χ0v) is 15.9. The minimum Gasteiger partial charge on any atom is -0.489 e. The van der Waals surface area contributed by atoms with Crippen LogP contribution in [0.2, 0.25) is 0 Å². The highest BCUT2D eigenvalue weighted by atomic mass is 16.5. The predicted molar refractivity (Wildman–Crippen MR) is 106 cm³/mol. The van der Waals surface area contributed by atoms with E-state index in [-0.39, 0.29) is 12.3 Å². The zero-order chi connectivity index (χ0) is 19.8. The molecule has 1 amide bonds. The summed E-state index contributed by atoms with van der Waals surface area (Å²) < 4.78 is 5.75. The minimum absolute atomic E-state index is 0.00308. The normalized spacial score (nSPS) is 16.0. The second kappa shape index (κ2) is 9.35. The third-order valence-corrected chi connectivity index (χ3v) is 5.26. The van der Waals surface area contributed by atoms with Gasteiger partial charge in [-0.1, -0.05) is 37.8 Å². The molecule has 0 spiro atoms. The number of carboxylic acids is 1. The van der Waals surface area contributed by atoms with E-state index in [2.05, 4.69) is 10.3 Å². The molecule has 1 aromatic heterocycles. The van der Waals surface area contributed by atoms with Crippen molar-refractivity contribution in [2.75, 3.05) is 5.32 Å². The molecule has 28 heavy (non-hydrogen) atoms. The first-order valence-electron chi connectivity index (χ1n) is 9.72. The van der Waals surface area contributed by atoms with Crippen LogP contribution in [0.15, 0.2) is 48.8 Å². The van der Waals surface area contributed by atoms with E-state index in [0.717, 1.165) is 31.2 Å². The lowest BCUT2D eigenvalue weighted by Crippen LogP contribution is -2.35. The Kier molecular flexibility index (Phi) is 6.63. The monoisotopic (exact) mass is 382 g/mol. The Labute approximate surface area is 164 Å². The fraction of sp³-hybridized carbons (Fsp3) is 0.409. The number of pyridine rings is 1. The van der Waals surface area contributed by atoms with E-state index >= 15 is 0 Å². The first-order valence-corrected chi connectivity index (χ1v) is 9.72. The van der Waals surface area contributed by atoms with Crippen LogP contribution in [0, 0.1) is 5.41 Å². The third kappa shape index (κ3) is 5.31. The van der Waals surface area contributed by atoms with Gasteiger partial charge in [0, 0.05) is 36.1 Å². The van der Waals surface area contributed by atoms with E-state index in [1.165, 1.54) is 0 Å². The number of amides is 1. The van der Waals surface area contributed by atoms with Crippen LogP contribution in [0.25, 0.3) is 0 Å². The third-order valence-electron chi connectivity index (χ3n) is 5.26. The maximum absolute atomic E-state index is 12.6. The summed E-state index contributed by atoms with van der Waals surface area (Å²) in [5, 5.41) is 12.6. The molecule has 2 N–H and O–H groups in total. The molecule has 148 valence electrons. The van der Waals surface area contributed by atoms with Gasteiger partial charge in [-0.15, -0.1) is 0 Å². The van der Waals surface area contributed by atoms with Gasteiger partial charge in [-0.2, -0.15) is 0 Å². The van der Waals surface area contributed by atoms with E-state index in [9.17, 15) is 14.7 Å². The van der Waals surface area contributed by atoms with Crippen molar-refractivity contribution < 1.29 is 19.4 Å². The molecule has 0 unspecified atom stereocenters. The molecule has 0 bridgehead atoms. The molecular weight excluding hydrogens is 356 g/mol. The summed E-state index contributed by atoms with van der Waals surface area (Å²) in [4.78, 5) is 28.5. The lowest BCUT2D eigenvalue weighted by atomic mass is 9.77. The molecule has 3 rings (SSSR count). The topological polar surface area (TPSA) is 88.5 Å². The molecule has 1 saturated carbocycles. The molecule has 2 aromatic rings. The average Bonchev–Trinajstić information content (AvgIpc) is 2.94. The van der Waals surface area contributed by atoms with Crippen molar-refractivity contribution in [1.29, 1.82) is 0 Å². The van der Waals surface area contributed by atoms with E-state index in [4.69, 9.17) is 4.74 Å². The van der Waals surface area contributed by atoms with Crippen molar-refractivity contribution in [3.8, 4) is 5.75 Å². The summed E-state index contributed by atoms with van der Waals surface area (Å²) in [5.74, 6) is -0.504. The van der Waals surface area contributed by atoms with E-state index in [1.54, 1.807) is 30.6 Å². The van der Waals surface area contributed by atoms with Crippen molar-refractivity contribution in [1.82, 2.24) is 4.98 Å². The Bertz CT molecular complexity index is 799. The average molecular weight is 382 g/mol. The van der Waals surface area contributed by atoms with Gasteiger partial charge in [0.2, 0.25) is 5.91 Å². The number of nitrogens with zero attached hydrogens (tertiary/aromatic N) is 1. The summed E-state index contributed by atoms with van der Waals surface area (Å²) in [6.07, 6.45) is 8.35. The summed E-state index contributed by atoms with van der Waals surface area (Å²) in [7, 11) is 0. The summed E-state index contributed by atoms with van der Waals surface area (Å²) in [5.41, 5.74) is 0.603. The Morgan fingerprint density at radius 1 is 1.11 bits per heavy atom. The smallest absolute Gasteiger partial charge is 0.310 e. The van der Waals surface area contributed by atoms with Gasteiger partial charge in [0.25, 0.3) is 0 Å². The standard InChI is InChI=1S/C22H26N2O4/c25-20(14-22(21(26)27)10-3-1-2-4-11-22)24-18-8-5-9-19(13-18)28-16-17-7-6-12-23-15-17/h5-9,12-13,15H,1-4,10-11,14,16H2,(H,24,25)(H,26,27). The van der Waals surface area contributed by atoms with Gasteiger partial charge in [-0.25, -0.2) is 0 Å². The van der Waals surface area contributed by atoms with E-state index in [1.807, 2.05) is 18.2 Å². The lowest BCUT2D eigenvalue weighted by molar-refractivity contribution is -0.152. The number of hydrogen-bond donors (Lipinski definition) is 2. The molecule has 6 nitrogen and oxygen atoms in total. The number of nitrogens with one attached hydrogen (secondary N) is 1. The molecule has 0 atom stereocenters. The number of carbonyl (C=O) groups is 2. The molecule has 1 fully saturated rings. The molecule has 0 saturated heterocycles. The second-order valence-electron chi connectivity index (χ2n) is 7.40. The highest BCUT2D eigenvalue weighted by molar-refractivity contribution is 5.94. The second-order valence-corrected chi connectivity index (χ2v) is 7.40. The van der Waals surface area contributed by atoms with Crippen LogP contribution in [0.4, 0.5) is 5.69 Å². The summed E-state index contributed by atoms with van der Waals surface area (Å²) >= 11 is 0. The van der Waals surface area contributed by atoms with Crippen molar-refractivity contribution in [2.45, 2.75) is 51.6 Å². The molecule has 0 radical (unpaired) electrons. The van der Waals surface area contributed by atoms with Crippen molar-refractivity contribution in [3.05, 3.63) is 54.4 Å². The van der Waals surface area contributed by atoms with Crippen LogP contribution in [0.5, 0.6) is 5.75 Å². The maximum Gasteiger partial charge on any atom is 0.310 e. The number of carboxylic acid groups (broad SMARTS) is 1. The number of aromatic nitrogens is 1. The van der Waals surface area contributed by atoms with Gasteiger partial charge < -0.3 is 15.2 Å². The minimum atomic E-state index is -0.949. The van der Waals surface area contributed by atoms with Gasteiger partial charge in [-0.3, -0.25) is 14.6 Å². The molecule has 0 aliphatic heterocycles. The number of anilines is 1. The summed E-state index contributed by atoms with van der Waals surface area (Å²) in [6, 6.07) is 10.9. The fourth-order valence-electron chi connectivity index (χ4n) is 3.70. The van der Waals surface area contributed by atoms with Crippen LogP contribution >= 0.6 is 0 Å². The predicted octanol–water partition coefficient (Wildman–Crippen LogP) is 4.41. The molecule has 6 heteroatoms. The van der Waals surface area contributed by atoms with E-state index in [0.29, 0.717) is 30.9 Å². The van der Waals surface area contributed by atoms with Gasteiger partial charge in [0.05, 0.1) is 5.41 Å². The number of rotatable bonds is 7. The Hall–Kier alpha value is -2.89. The lowest BCUT2D eigenvalue weighted by Gasteiger charge is -2.27. The van der Waals surface area contributed by atoms with Crippen LogP contribution in [-0.2, 0) is 16.2 Å². The van der Waals surface area contributed by atoms with Crippen molar-refractivity contribution >= 4 is 17.6 Å². The molecule has 1 aromatic carbocycles. The largest absolute Gasteiger partial charge is 0.489 e. The quantitative estimate of drug-likeness (QED) is 0.692. The number of ether oxygens (including phenoxy) is 1. The Morgan fingerprint density at radius 3 is 2.57 bits per heavy atom. The van der Waals surface area contributed by atoms with Gasteiger partial charge in [0.15, 0.2) is 0 Å². The van der Waals surface area contributed by atoms with Gasteiger partial charge in [-0.05, 0) is 31.0 Å². The fourth-order valence-corrected chi connectivity index (χ4v) is 3.70. The number of aliphatic carboxylic acids is 1. The number of benzene rings is 1. The zero-order valence-electron chi connectivity index (χ0n) is 15.9. The number of hydrogen-bond acceptors (Lipinski definition) is 4. The Balaban J connectivity index is 1.61. The van der Waals surface area contributed by atoms with Gasteiger partial charge in [0.1, 0.15) is 12.4 Å². The highest BCUT2D eigenvalue weighted by Crippen LogP contribution is 2.38. The number of carbonyl (C=O) groups excluding carboxylic acids is 1. The van der Waals surface area contributed by atoms with Crippen LogP contribution in [0.1, 0.15) is 50.5 Å². The van der Waals surface area contributed by atoms with Gasteiger partial charge >= 0.3 is 5.97 Å². The molecule has 1 aliphatic carbocycles. The molecular formula is C22H26N2O4. The maximum atomic E-state index is 12.6. The molecule has 1 heterocycles. The highest BCUT2D eigenvalue weighted by Gasteiger charge is 2.40. The van der Waals surface area contributed by atoms with Crippen molar-refractivity contribution in [3.63, 3.8) is 0 Å². The van der Waals surface area contributed by atoms with Crippen LogP contribution < -0.4 is 10.1 Å². The first kappa shape index (κ1) is 19.9. The van der Waals surface area contributed by atoms with Crippen LogP contribution in [-0.4, -0.2) is 22.0 Å². The Morgan fingerprint density at radius 2 is 1.89 bits per heavy atom. The first-order chi connectivity index (χ1) is 13.6. The summed E-state index contributed by atoms with van der Waals surface area (Å²) in [6.45, 7) is 0.382. The van der Waals surface area contributed by atoms with Crippen LogP contribution in [0.3, 0.4) is 0 Å². The van der Waals surface area contributed by atoms with E-state index < -0.39 is 11.4 Å². The SMILES string of the molecule is O=C(CC1(C(=O)O)CCCCCC1)Nc1cccc(OCc2cccnc2)c1. The molecule has 1 aliphatic rings.